The highest BCUT2D eigenvalue weighted by Crippen LogP contribution is 2.34. The molecule has 0 aliphatic carbocycles. The van der Waals surface area contributed by atoms with Gasteiger partial charge in [0.15, 0.2) is 0 Å². The third-order valence-corrected chi connectivity index (χ3v) is 4.39. The van der Waals surface area contributed by atoms with Crippen LogP contribution in [0.2, 0.25) is 0 Å². The number of ether oxygens (including phenoxy) is 1. The van der Waals surface area contributed by atoms with E-state index in [1.165, 1.54) is 5.56 Å². The number of benzene rings is 2. The standard InChI is InChI=1S/C17H18BrNO2/c1-21-16-6-5-13(18)9-12(16)10-15(20)14-4-2-3-11-7-8-19-17(11)14/h2-6,9,15,19-20H,7-8,10H2,1H3. The molecular weight excluding hydrogens is 330 g/mol. The first-order valence-corrected chi connectivity index (χ1v) is 7.84. The van der Waals surface area contributed by atoms with Gasteiger partial charge in [-0.3, -0.25) is 0 Å². The lowest BCUT2D eigenvalue weighted by Gasteiger charge is -2.17. The number of hydrogen-bond donors (Lipinski definition) is 2. The van der Waals surface area contributed by atoms with Crippen LogP contribution < -0.4 is 10.1 Å². The van der Waals surface area contributed by atoms with Gasteiger partial charge in [-0.2, -0.15) is 0 Å². The number of hydrogen-bond acceptors (Lipinski definition) is 3. The maximum Gasteiger partial charge on any atom is 0.122 e. The zero-order valence-electron chi connectivity index (χ0n) is 11.9. The fourth-order valence-electron chi connectivity index (χ4n) is 2.87. The van der Waals surface area contributed by atoms with Crippen molar-refractivity contribution >= 4 is 21.6 Å². The van der Waals surface area contributed by atoms with Gasteiger partial charge < -0.3 is 15.2 Å². The Morgan fingerprint density at radius 3 is 3.00 bits per heavy atom. The van der Waals surface area contributed by atoms with Crippen molar-refractivity contribution in [3.05, 3.63) is 57.6 Å². The van der Waals surface area contributed by atoms with E-state index in [1.807, 2.05) is 30.3 Å². The normalized spacial score (nSPS) is 14.4. The number of methoxy groups -OCH3 is 1. The molecular formula is C17H18BrNO2. The summed E-state index contributed by atoms with van der Waals surface area (Å²) >= 11 is 3.47. The third-order valence-electron chi connectivity index (χ3n) is 3.89. The molecule has 0 amide bonds. The predicted molar refractivity (Wildman–Crippen MR) is 88.0 cm³/mol. The second-order valence-corrected chi connectivity index (χ2v) is 6.15. The number of halogens is 1. The van der Waals surface area contributed by atoms with Gasteiger partial charge >= 0.3 is 0 Å². The van der Waals surface area contributed by atoms with E-state index in [1.54, 1.807) is 7.11 Å². The van der Waals surface area contributed by atoms with Crippen LogP contribution in [0.1, 0.15) is 22.8 Å². The number of aliphatic hydroxyl groups excluding tert-OH is 1. The summed E-state index contributed by atoms with van der Waals surface area (Å²) in [5.74, 6) is 0.804. The molecule has 21 heavy (non-hydrogen) atoms. The van der Waals surface area contributed by atoms with Crippen LogP contribution in [0, 0.1) is 0 Å². The van der Waals surface area contributed by atoms with Crippen molar-refractivity contribution < 1.29 is 9.84 Å². The summed E-state index contributed by atoms with van der Waals surface area (Å²) in [4.78, 5) is 0. The number of para-hydroxylation sites is 1. The molecule has 3 rings (SSSR count). The van der Waals surface area contributed by atoms with Crippen LogP contribution in [-0.4, -0.2) is 18.8 Å². The molecule has 0 bridgehead atoms. The zero-order chi connectivity index (χ0) is 14.8. The van der Waals surface area contributed by atoms with Gasteiger partial charge in [-0.25, -0.2) is 0 Å². The second-order valence-electron chi connectivity index (χ2n) is 5.23. The molecule has 0 fully saturated rings. The smallest absolute Gasteiger partial charge is 0.122 e. The molecule has 0 saturated carbocycles. The van der Waals surface area contributed by atoms with Crippen molar-refractivity contribution in [1.82, 2.24) is 0 Å². The van der Waals surface area contributed by atoms with Gasteiger partial charge in [-0.15, -0.1) is 0 Å². The number of fused-ring (bicyclic) bond motifs is 1. The molecule has 2 aromatic carbocycles. The minimum absolute atomic E-state index is 0.529. The average Bonchev–Trinajstić information content (AvgIpc) is 2.95. The van der Waals surface area contributed by atoms with Gasteiger partial charge in [0, 0.05) is 28.7 Å². The molecule has 2 aromatic rings. The fraction of sp³-hybridized carbons (Fsp3) is 0.294. The molecule has 1 aliphatic heterocycles. The lowest BCUT2D eigenvalue weighted by atomic mass is 9.97. The summed E-state index contributed by atoms with van der Waals surface area (Å²) in [5, 5.41) is 14.0. The second kappa shape index (κ2) is 6.08. The monoisotopic (exact) mass is 347 g/mol. The SMILES string of the molecule is COc1ccc(Br)cc1CC(O)c1cccc2c1NCC2. The molecule has 3 nitrogen and oxygen atoms in total. The Balaban J connectivity index is 1.89. The van der Waals surface area contributed by atoms with E-state index in [-0.39, 0.29) is 0 Å². The van der Waals surface area contributed by atoms with Gasteiger partial charge in [0.25, 0.3) is 0 Å². The lowest BCUT2D eigenvalue weighted by Crippen LogP contribution is -2.06. The lowest BCUT2D eigenvalue weighted by molar-refractivity contribution is 0.178. The van der Waals surface area contributed by atoms with Crippen LogP contribution in [-0.2, 0) is 12.8 Å². The quantitative estimate of drug-likeness (QED) is 0.885. The van der Waals surface area contributed by atoms with Crippen molar-refractivity contribution in [3.63, 3.8) is 0 Å². The molecule has 2 N–H and O–H groups in total. The van der Waals surface area contributed by atoms with Crippen LogP contribution in [0.4, 0.5) is 5.69 Å². The van der Waals surface area contributed by atoms with Crippen LogP contribution in [0.25, 0.3) is 0 Å². The average molecular weight is 348 g/mol. The number of nitrogens with one attached hydrogen (secondary N) is 1. The summed E-state index contributed by atoms with van der Waals surface area (Å²) in [6.45, 7) is 0.944. The molecule has 4 heteroatoms. The van der Waals surface area contributed by atoms with Gasteiger partial charge in [0.05, 0.1) is 13.2 Å². The Kier molecular flexibility index (Phi) is 4.17. The Labute approximate surface area is 133 Å². The summed E-state index contributed by atoms with van der Waals surface area (Å²) in [6.07, 6.45) is 1.00. The first-order valence-electron chi connectivity index (χ1n) is 7.05. The van der Waals surface area contributed by atoms with E-state index in [4.69, 9.17) is 4.74 Å². The molecule has 0 aromatic heterocycles. The van der Waals surface area contributed by atoms with Crippen LogP contribution in [0.5, 0.6) is 5.75 Å². The Morgan fingerprint density at radius 2 is 2.19 bits per heavy atom. The van der Waals surface area contributed by atoms with Gasteiger partial charge in [0.2, 0.25) is 0 Å². The van der Waals surface area contributed by atoms with Crippen molar-refractivity contribution in [2.45, 2.75) is 18.9 Å². The topological polar surface area (TPSA) is 41.5 Å². The van der Waals surface area contributed by atoms with Crippen LogP contribution in [0.15, 0.2) is 40.9 Å². The van der Waals surface area contributed by atoms with Gasteiger partial charge in [-0.05, 0) is 35.7 Å². The molecule has 1 aliphatic rings. The van der Waals surface area contributed by atoms with E-state index in [0.717, 1.165) is 40.0 Å². The largest absolute Gasteiger partial charge is 0.496 e. The minimum Gasteiger partial charge on any atom is -0.496 e. The molecule has 0 radical (unpaired) electrons. The van der Waals surface area contributed by atoms with Crippen molar-refractivity contribution in [2.24, 2.45) is 0 Å². The fourth-order valence-corrected chi connectivity index (χ4v) is 3.28. The summed E-state index contributed by atoms with van der Waals surface area (Å²) < 4.78 is 6.37. The molecule has 1 heterocycles. The molecule has 110 valence electrons. The van der Waals surface area contributed by atoms with E-state index in [9.17, 15) is 5.11 Å². The summed E-state index contributed by atoms with van der Waals surface area (Å²) in [6, 6.07) is 12.0. The molecule has 1 unspecified atom stereocenters. The molecule has 1 atom stereocenters. The van der Waals surface area contributed by atoms with E-state index in [0.29, 0.717) is 6.42 Å². The first kappa shape index (κ1) is 14.4. The summed E-state index contributed by atoms with van der Waals surface area (Å²) in [5.41, 5.74) is 4.34. The van der Waals surface area contributed by atoms with Gasteiger partial charge in [0.1, 0.15) is 5.75 Å². The predicted octanol–water partition coefficient (Wildman–Crippen LogP) is 3.70. The highest BCUT2D eigenvalue weighted by Gasteiger charge is 2.20. The maximum absolute atomic E-state index is 10.6. The highest BCUT2D eigenvalue weighted by molar-refractivity contribution is 9.10. The molecule has 0 spiro atoms. The Bertz CT molecular complexity index is 657. The van der Waals surface area contributed by atoms with E-state index in [2.05, 4.69) is 27.3 Å². The highest BCUT2D eigenvalue weighted by atomic mass is 79.9. The maximum atomic E-state index is 10.6. The minimum atomic E-state index is -0.547. The number of rotatable bonds is 4. The van der Waals surface area contributed by atoms with Crippen molar-refractivity contribution in [3.8, 4) is 5.75 Å². The number of anilines is 1. The molecule has 0 saturated heterocycles. The Morgan fingerprint density at radius 1 is 1.33 bits per heavy atom. The zero-order valence-corrected chi connectivity index (χ0v) is 13.5. The third kappa shape index (κ3) is 2.92. The van der Waals surface area contributed by atoms with Crippen LogP contribution >= 0.6 is 15.9 Å². The van der Waals surface area contributed by atoms with Crippen molar-refractivity contribution in [1.29, 1.82) is 0 Å². The first-order chi connectivity index (χ1) is 10.2. The van der Waals surface area contributed by atoms with E-state index >= 15 is 0 Å². The number of aliphatic hydroxyl groups is 1. The van der Waals surface area contributed by atoms with Crippen LogP contribution in [0.3, 0.4) is 0 Å². The Hall–Kier alpha value is -1.52. The summed E-state index contributed by atoms with van der Waals surface area (Å²) in [7, 11) is 1.65. The van der Waals surface area contributed by atoms with Crippen molar-refractivity contribution in [2.75, 3.05) is 19.0 Å². The van der Waals surface area contributed by atoms with E-state index < -0.39 is 6.10 Å². The van der Waals surface area contributed by atoms with Gasteiger partial charge in [-0.1, -0.05) is 34.1 Å².